The van der Waals surface area contributed by atoms with Crippen molar-refractivity contribution in [1.82, 2.24) is 5.32 Å². The first kappa shape index (κ1) is 85.1. The van der Waals surface area contributed by atoms with E-state index in [1.807, 2.05) is 6.08 Å². The van der Waals surface area contributed by atoms with Crippen molar-refractivity contribution in [1.29, 1.82) is 0 Å². The Labute approximate surface area is 544 Å². The van der Waals surface area contributed by atoms with E-state index >= 15 is 0 Å². The van der Waals surface area contributed by atoms with Gasteiger partial charge in [0.2, 0.25) is 5.91 Å². The Morgan fingerprint density at radius 2 is 0.575 bits per heavy atom. The summed E-state index contributed by atoms with van der Waals surface area (Å²) in [6.07, 6.45) is 99.8. The number of carbonyl (C=O) groups is 2. The van der Waals surface area contributed by atoms with Crippen molar-refractivity contribution in [3.05, 3.63) is 36.5 Å². The Kier molecular flexibility index (Phi) is 74.8. The standard InChI is InChI=1S/C81H155NO5/c1-3-5-7-9-11-13-15-17-18-19-20-21-37-40-43-46-50-53-57-61-65-69-73-79(84)78(77-83)82-80(85)74-70-66-62-58-54-51-47-44-41-38-35-33-31-29-27-25-23-22-24-26-28-30-32-34-36-39-42-45-48-52-56-60-64-68-72-76-87-81(86)75-71-67-63-59-55-49-16-14-12-10-8-6-4-2/h24,26,30,32,69,73,78-79,83-84H,3-23,25,27-29,31,33-68,70-72,74-77H2,1-2H3,(H,82,85)/b26-24-,32-30-,73-69+. The van der Waals surface area contributed by atoms with Gasteiger partial charge in [0, 0.05) is 12.8 Å². The van der Waals surface area contributed by atoms with Gasteiger partial charge in [-0.3, -0.25) is 9.59 Å². The highest BCUT2D eigenvalue weighted by Crippen LogP contribution is 2.20. The van der Waals surface area contributed by atoms with E-state index in [1.165, 1.54) is 372 Å². The summed E-state index contributed by atoms with van der Waals surface area (Å²) >= 11 is 0. The molecule has 6 nitrogen and oxygen atoms in total. The molecule has 0 saturated carbocycles. The molecule has 0 saturated heterocycles. The summed E-state index contributed by atoms with van der Waals surface area (Å²) < 4.78 is 5.49. The number of aliphatic hydroxyl groups is 2. The molecule has 0 spiro atoms. The molecule has 6 heteroatoms. The number of ether oxygens (including phenoxy) is 1. The van der Waals surface area contributed by atoms with Crippen molar-refractivity contribution in [3.8, 4) is 0 Å². The van der Waals surface area contributed by atoms with E-state index in [-0.39, 0.29) is 18.5 Å². The van der Waals surface area contributed by atoms with Crippen LogP contribution in [0.2, 0.25) is 0 Å². The van der Waals surface area contributed by atoms with Crippen molar-refractivity contribution in [2.45, 2.75) is 456 Å². The molecule has 0 aliphatic heterocycles. The lowest BCUT2D eigenvalue weighted by Gasteiger charge is -2.20. The Hall–Kier alpha value is -1.92. The summed E-state index contributed by atoms with van der Waals surface area (Å²) in [5.41, 5.74) is 0. The number of aliphatic hydroxyl groups excluding tert-OH is 2. The molecule has 0 radical (unpaired) electrons. The average Bonchev–Trinajstić information content (AvgIpc) is 3.57. The second kappa shape index (κ2) is 76.5. The third-order valence-corrected chi connectivity index (χ3v) is 18.7. The minimum Gasteiger partial charge on any atom is -0.466 e. The molecule has 87 heavy (non-hydrogen) atoms. The summed E-state index contributed by atoms with van der Waals surface area (Å²) in [7, 11) is 0. The van der Waals surface area contributed by atoms with Gasteiger partial charge in [-0.2, -0.15) is 0 Å². The van der Waals surface area contributed by atoms with Gasteiger partial charge in [-0.1, -0.05) is 403 Å². The number of esters is 1. The maximum Gasteiger partial charge on any atom is 0.305 e. The molecular weight excluding hydrogens is 1070 g/mol. The molecule has 514 valence electrons. The van der Waals surface area contributed by atoms with Gasteiger partial charge in [0.05, 0.1) is 25.4 Å². The number of nitrogens with one attached hydrogen (secondary N) is 1. The summed E-state index contributed by atoms with van der Waals surface area (Å²) in [6.45, 7) is 4.95. The van der Waals surface area contributed by atoms with Crippen LogP contribution < -0.4 is 5.32 Å². The van der Waals surface area contributed by atoms with Crippen LogP contribution in [-0.4, -0.2) is 47.4 Å². The van der Waals surface area contributed by atoms with E-state index in [1.54, 1.807) is 6.08 Å². The summed E-state index contributed by atoms with van der Waals surface area (Å²) in [4.78, 5) is 24.6. The van der Waals surface area contributed by atoms with Crippen LogP contribution >= 0.6 is 0 Å². The van der Waals surface area contributed by atoms with Gasteiger partial charge in [0.15, 0.2) is 0 Å². The van der Waals surface area contributed by atoms with Crippen molar-refractivity contribution in [2.75, 3.05) is 13.2 Å². The third kappa shape index (κ3) is 73.0. The number of amides is 1. The molecule has 0 aromatic rings. The first-order valence-corrected chi connectivity index (χ1v) is 39.8. The van der Waals surface area contributed by atoms with Gasteiger partial charge < -0.3 is 20.3 Å². The second-order valence-corrected chi connectivity index (χ2v) is 27.4. The zero-order valence-electron chi connectivity index (χ0n) is 59.0. The quantitative estimate of drug-likeness (QED) is 0.0320. The highest BCUT2D eigenvalue weighted by molar-refractivity contribution is 5.76. The molecule has 0 aliphatic carbocycles. The molecule has 1 amide bonds. The zero-order chi connectivity index (χ0) is 62.8. The minimum atomic E-state index is -0.844. The van der Waals surface area contributed by atoms with Gasteiger partial charge in [0.1, 0.15) is 0 Å². The van der Waals surface area contributed by atoms with E-state index in [2.05, 4.69) is 43.5 Å². The van der Waals surface area contributed by atoms with Crippen molar-refractivity contribution in [3.63, 3.8) is 0 Å². The highest BCUT2D eigenvalue weighted by Gasteiger charge is 2.18. The lowest BCUT2D eigenvalue weighted by atomic mass is 10.0. The van der Waals surface area contributed by atoms with Gasteiger partial charge in [-0.15, -0.1) is 0 Å². The van der Waals surface area contributed by atoms with Crippen LogP contribution in [-0.2, 0) is 14.3 Å². The topological polar surface area (TPSA) is 95.9 Å². The van der Waals surface area contributed by atoms with Crippen LogP contribution in [0.5, 0.6) is 0 Å². The molecule has 0 heterocycles. The Bertz CT molecular complexity index is 1410. The number of hydrogen-bond acceptors (Lipinski definition) is 5. The van der Waals surface area contributed by atoms with Gasteiger partial charge in [-0.05, 0) is 64.2 Å². The monoisotopic (exact) mass is 1220 g/mol. The van der Waals surface area contributed by atoms with E-state index in [0.717, 1.165) is 44.9 Å². The first-order chi connectivity index (χ1) is 43.0. The molecule has 2 unspecified atom stereocenters. The molecule has 3 N–H and O–H groups in total. The SMILES string of the molecule is CCCCCCCCCCCCCCCCCCCCCC/C=C/C(O)C(CO)NC(=O)CCCCCCCCCCCCCCCCCCC/C=C\C/C=C\CCCCCCCCCCCCCOC(=O)CCCCCCCCCCCCCCC. The molecule has 2 atom stereocenters. The summed E-state index contributed by atoms with van der Waals surface area (Å²) in [5, 5.41) is 23.3. The van der Waals surface area contributed by atoms with Gasteiger partial charge in [-0.25, -0.2) is 0 Å². The van der Waals surface area contributed by atoms with E-state index in [4.69, 9.17) is 4.74 Å². The normalized spacial score (nSPS) is 12.6. The van der Waals surface area contributed by atoms with Crippen LogP contribution in [0, 0.1) is 0 Å². The molecule has 0 rings (SSSR count). The van der Waals surface area contributed by atoms with E-state index < -0.39 is 12.1 Å². The van der Waals surface area contributed by atoms with Crippen LogP contribution in [0.15, 0.2) is 36.5 Å². The molecule has 0 aliphatic rings. The van der Waals surface area contributed by atoms with Crippen LogP contribution in [0.4, 0.5) is 0 Å². The highest BCUT2D eigenvalue weighted by atomic mass is 16.5. The maximum atomic E-state index is 12.5. The number of carbonyl (C=O) groups excluding carboxylic acids is 2. The molecule has 0 bridgehead atoms. The fourth-order valence-electron chi connectivity index (χ4n) is 12.6. The summed E-state index contributed by atoms with van der Waals surface area (Å²) in [5.74, 6) is -0.0422. The number of allylic oxidation sites excluding steroid dienone is 5. The third-order valence-electron chi connectivity index (χ3n) is 18.7. The number of hydrogen-bond donors (Lipinski definition) is 3. The van der Waals surface area contributed by atoms with Crippen molar-refractivity contribution >= 4 is 11.9 Å². The second-order valence-electron chi connectivity index (χ2n) is 27.4. The number of rotatable bonds is 75. The van der Waals surface area contributed by atoms with Crippen LogP contribution in [0.25, 0.3) is 0 Å². The molecule has 0 aromatic carbocycles. The predicted octanol–water partition coefficient (Wildman–Crippen LogP) is 26.2. The Morgan fingerprint density at radius 1 is 0.322 bits per heavy atom. The van der Waals surface area contributed by atoms with Crippen LogP contribution in [0.3, 0.4) is 0 Å². The van der Waals surface area contributed by atoms with Gasteiger partial charge in [0.25, 0.3) is 0 Å². The number of unbranched alkanes of at least 4 members (excludes halogenated alkanes) is 60. The van der Waals surface area contributed by atoms with Crippen LogP contribution in [0.1, 0.15) is 444 Å². The zero-order valence-corrected chi connectivity index (χ0v) is 59.0. The van der Waals surface area contributed by atoms with Gasteiger partial charge >= 0.3 is 5.97 Å². The van der Waals surface area contributed by atoms with E-state index in [9.17, 15) is 19.8 Å². The Balaban J connectivity index is 3.39. The Morgan fingerprint density at radius 3 is 0.874 bits per heavy atom. The maximum absolute atomic E-state index is 12.5. The predicted molar refractivity (Wildman–Crippen MR) is 384 cm³/mol. The molecular formula is C81H155NO5. The molecule has 0 fully saturated rings. The van der Waals surface area contributed by atoms with E-state index in [0.29, 0.717) is 19.4 Å². The van der Waals surface area contributed by atoms with Crippen molar-refractivity contribution < 1.29 is 24.5 Å². The lowest BCUT2D eigenvalue weighted by Crippen LogP contribution is -2.45. The summed E-state index contributed by atoms with van der Waals surface area (Å²) in [6, 6.07) is -0.627. The smallest absolute Gasteiger partial charge is 0.305 e. The fraction of sp³-hybridized carbons (Fsp3) is 0.901. The largest absolute Gasteiger partial charge is 0.466 e. The van der Waals surface area contributed by atoms with Crippen molar-refractivity contribution in [2.24, 2.45) is 0 Å². The first-order valence-electron chi connectivity index (χ1n) is 39.8. The minimum absolute atomic E-state index is 0.0188. The average molecular weight is 1220 g/mol. The lowest BCUT2D eigenvalue weighted by molar-refractivity contribution is -0.143. The molecule has 0 aromatic heterocycles. The fourth-order valence-corrected chi connectivity index (χ4v) is 12.6.